The Kier molecular flexibility index (Phi) is 6.93. The molecule has 27 heavy (non-hydrogen) atoms. The summed E-state index contributed by atoms with van der Waals surface area (Å²) in [6.07, 6.45) is 15.8. The monoisotopic (exact) mass is 365 g/mol. The van der Waals surface area contributed by atoms with Crippen molar-refractivity contribution in [1.29, 1.82) is 5.26 Å². The number of fused-ring (bicyclic) bond motifs is 1. The van der Waals surface area contributed by atoms with E-state index in [4.69, 9.17) is 10.4 Å². The minimum Gasteiger partial charge on any atom is -0.393 e. The summed E-state index contributed by atoms with van der Waals surface area (Å²) in [6, 6.07) is 4.06. The Labute approximate surface area is 158 Å². The molecule has 0 unspecified atom stereocenters. The maximum Gasteiger partial charge on any atom is 0.147 e. The molecule has 0 saturated heterocycles. The van der Waals surface area contributed by atoms with Crippen LogP contribution < -0.4 is 5.32 Å². The number of anilines is 1. The predicted octanol–water partition coefficient (Wildman–Crippen LogP) is 2.44. The Bertz CT molecular complexity index is 942. The van der Waals surface area contributed by atoms with Crippen molar-refractivity contribution in [3.8, 4) is 30.2 Å². The van der Waals surface area contributed by atoms with Gasteiger partial charge in [0.25, 0.3) is 0 Å². The summed E-state index contributed by atoms with van der Waals surface area (Å²) in [4.78, 5) is 11.5. The summed E-state index contributed by atoms with van der Waals surface area (Å²) >= 11 is 0. The number of aromatic nitrogens is 5. The molecule has 4 rings (SSSR count). The Hall–Kier alpha value is -3.36. The van der Waals surface area contributed by atoms with Crippen LogP contribution in [0.25, 0.3) is 22.3 Å². The Morgan fingerprint density at radius 1 is 1.33 bits per heavy atom. The molecule has 3 N–H and O–H groups in total. The molecule has 1 aliphatic carbocycles. The normalized spacial score (nSPS) is 13.2. The van der Waals surface area contributed by atoms with Gasteiger partial charge in [0.15, 0.2) is 0 Å². The van der Waals surface area contributed by atoms with Crippen LogP contribution in [0.15, 0.2) is 18.6 Å². The molecule has 8 heteroatoms. The van der Waals surface area contributed by atoms with Crippen LogP contribution in [0.2, 0.25) is 0 Å². The van der Waals surface area contributed by atoms with E-state index >= 15 is 0 Å². The molecule has 0 radical (unpaired) electrons. The maximum absolute atomic E-state index is 9.16. The van der Waals surface area contributed by atoms with Crippen molar-refractivity contribution < 1.29 is 5.11 Å². The molecule has 0 atom stereocenters. The van der Waals surface area contributed by atoms with Gasteiger partial charge in [0.2, 0.25) is 0 Å². The van der Waals surface area contributed by atoms with Crippen molar-refractivity contribution in [2.75, 3.05) is 12.4 Å². The number of aliphatic hydroxyl groups excluding tert-OH is 1. The first-order valence-electron chi connectivity index (χ1n) is 8.59. The zero-order valence-electron chi connectivity index (χ0n) is 15.5. The first kappa shape index (κ1) is 20.0. The standard InChI is InChI=1S/C12H11N7.C5H10O.C2H2/c1-14-11-7-3-9(18-12(7)16-6-15-11)8-5-17-19(2)10(8)4-13;6-5-3-1-2-4-5;1-2/h3,5-6H,1-2H3,(H2,14,15,16,18);5-6H,1-4H2;1-2H. The van der Waals surface area contributed by atoms with E-state index in [1.165, 1.54) is 19.2 Å². The third-order valence-electron chi connectivity index (χ3n) is 4.32. The lowest BCUT2D eigenvalue weighted by Gasteiger charge is -1.97. The van der Waals surface area contributed by atoms with E-state index in [2.05, 4.69) is 44.3 Å². The third kappa shape index (κ3) is 4.43. The number of nitriles is 1. The van der Waals surface area contributed by atoms with E-state index in [-0.39, 0.29) is 6.10 Å². The molecule has 0 aliphatic heterocycles. The van der Waals surface area contributed by atoms with Crippen LogP contribution in [-0.4, -0.2) is 43.0 Å². The summed E-state index contributed by atoms with van der Waals surface area (Å²) in [5.74, 6) is 0.745. The number of aromatic amines is 1. The molecular formula is C19H23N7O. The maximum atomic E-state index is 9.16. The summed E-state index contributed by atoms with van der Waals surface area (Å²) in [7, 11) is 3.54. The molecule has 1 saturated carbocycles. The molecule has 8 nitrogen and oxygen atoms in total. The molecule has 3 aromatic heterocycles. The predicted molar refractivity (Wildman–Crippen MR) is 105 cm³/mol. The van der Waals surface area contributed by atoms with Crippen LogP contribution in [0, 0.1) is 24.2 Å². The highest BCUT2D eigenvalue weighted by Crippen LogP contribution is 2.28. The molecule has 1 aliphatic rings. The highest BCUT2D eigenvalue weighted by atomic mass is 16.3. The number of hydrogen-bond acceptors (Lipinski definition) is 6. The summed E-state index contributed by atoms with van der Waals surface area (Å²) in [5, 5.41) is 25.9. The van der Waals surface area contributed by atoms with Crippen molar-refractivity contribution in [1.82, 2.24) is 24.7 Å². The van der Waals surface area contributed by atoms with Crippen molar-refractivity contribution in [3.63, 3.8) is 0 Å². The number of aliphatic hydroxyl groups is 1. The van der Waals surface area contributed by atoms with Crippen LogP contribution >= 0.6 is 0 Å². The van der Waals surface area contributed by atoms with Gasteiger partial charge in [-0.25, -0.2) is 9.97 Å². The molecule has 3 heterocycles. The Balaban J connectivity index is 0.000000275. The number of aryl methyl sites for hydroxylation is 1. The van der Waals surface area contributed by atoms with Gasteiger partial charge in [0.05, 0.1) is 28.9 Å². The summed E-state index contributed by atoms with van der Waals surface area (Å²) in [5.41, 5.74) is 2.79. The molecular weight excluding hydrogens is 342 g/mol. The number of terminal acetylenes is 1. The van der Waals surface area contributed by atoms with Crippen molar-refractivity contribution >= 4 is 16.9 Å². The molecule has 3 aromatic rings. The average Bonchev–Trinajstić information content (AvgIpc) is 3.42. The van der Waals surface area contributed by atoms with Gasteiger partial charge in [-0.15, -0.1) is 12.8 Å². The van der Waals surface area contributed by atoms with E-state index in [1.54, 1.807) is 25.0 Å². The number of hydrogen-bond donors (Lipinski definition) is 3. The largest absolute Gasteiger partial charge is 0.393 e. The molecule has 1 fully saturated rings. The van der Waals surface area contributed by atoms with Crippen molar-refractivity contribution in [3.05, 3.63) is 24.3 Å². The zero-order chi connectivity index (χ0) is 19.8. The van der Waals surface area contributed by atoms with Gasteiger partial charge < -0.3 is 15.4 Å². The molecule has 140 valence electrons. The van der Waals surface area contributed by atoms with Gasteiger partial charge in [-0.05, 0) is 18.9 Å². The van der Waals surface area contributed by atoms with Crippen LogP contribution in [-0.2, 0) is 7.05 Å². The van der Waals surface area contributed by atoms with E-state index in [9.17, 15) is 0 Å². The zero-order valence-corrected chi connectivity index (χ0v) is 15.5. The lowest BCUT2D eigenvalue weighted by atomic mass is 10.2. The van der Waals surface area contributed by atoms with Gasteiger partial charge in [-0.1, -0.05) is 12.8 Å². The second kappa shape index (κ2) is 9.37. The quantitative estimate of drug-likeness (QED) is 0.601. The van der Waals surface area contributed by atoms with Gasteiger partial charge >= 0.3 is 0 Å². The van der Waals surface area contributed by atoms with Crippen LogP contribution in [0.4, 0.5) is 5.82 Å². The fourth-order valence-corrected chi connectivity index (χ4v) is 2.96. The first-order chi connectivity index (χ1) is 13.1. The summed E-state index contributed by atoms with van der Waals surface area (Å²) < 4.78 is 1.55. The van der Waals surface area contributed by atoms with Crippen molar-refractivity contribution in [2.45, 2.75) is 31.8 Å². The highest BCUT2D eigenvalue weighted by molar-refractivity contribution is 5.91. The second-order valence-corrected chi connectivity index (χ2v) is 6.00. The van der Waals surface area contributed by atoms with E-state index in [0.717, 1.165) is 41.0 Å². The van der Waals surface area contributed by atoms with Gasteiger partial charge in [-0.2, -0.15) is 10.4 Å². The topological polar surface area (TPSA) is 115 Å². The van der Waals surface area contributed by atoms with E-state index < -0.39 is 0 Å². The number of nitrogens with zero attached hydrogens (tertiary/aromatic N) is 5. The smallest absolute Gasteiger partial charge is 0.147 e. The minimum atomic E-state index is 0.0463. The van der Waals surface area contributed by atoms with Gasteiger partial charge in [0.1, 0.15) is 29.6 Å². The molecule has 0 bridgehead atoms. The van der Waals surface area contributed by atoms with Crippen LogP contribution in [0.5, 0.6) is 0 Å². The number of rotatable bonds is 2. The van der Waals surface area contributed by atoms with Crippen LogP contribution in [0.1, 0.15) is 31.4 Å². The number of H-pyrrole nitrogens is 1. The minimum absolute atomic E-state index is 0.0463. The lowest BCUT2D eigenvalue weighted by molar-refractivity contribution is 0.183. The second-order valence-electron chi connectivity index (χ2n) is 6.00. The Morgan fingerprint density at radius 2 is 2.04 bits per heavy atom. The lowest BCUT2D eigenvalue weighted by Crippen LogP contribution is -1.94. The third-order valence-corrected chi connectivity index (χ3v) is 4.32. The fourth-order valence-electron chi connectivity index (χ4n) is 2.96. The van der Waals surface area contributed by atoms with Crippen molar-refractivity contribution in [2.24, 2.45) is 7.05 Å². The molecule has 0 amide bonds. The molecule has 0 spiro atoms. The fraction of sp³-hybridized carbons (Fsp3) is 0.368. The first-order valence-corrected chi connectivity index (χ1v) is 8.59. The van der Waals surface area contributed by atoms with E-state index in [0.29, 0.717) is 5.69 Å². The molecule has 0 aromatic carbocycles. The average molecular weight is 365 g/mol. The van der Waals surface area contributed by atoms with E-state index in [1.807, 2.05) is 6.07 Å². The van der Waals surface area contributed by atoms with Gasteiger partial charge in [-0.3, -0.25) is 4.68 Å². The highest BCUT2D eigenvalue weighted by Gasteiger charge is 2.14. The van der Waals surface area contributed by atoms with Gasteiger partial charge in [0, 0.05) is 14.1 Å². The SMILES string of the molecule is C#C.CNc1ncnc2[nH]c(-c3cnn(C)c3C#N)cc12.OC1CCCC1. The Morgan fingerprint density at radius 3 is 2.59 bits per heavy atom. The number of nitrogens with one attached hydrogen (secondary N) is 2. The van der Waals surface area contributed by atoms with Crippen LogP contribution in [0.3, 0.4) is 0 Å². The summed E-state index contributed by atoms with van der Waals surface area (Å²) in [6.45, 7) is 0.